The van der Waals surface area contributed by atoms with Crippen LogP contribution in [-0.4, -0.2) is 24.4 Å². The van der Waals surface area contributed by atoms with Crippen LogP contribution in [0.3, 0.4) is 0 Å². The molecule has 0 amide bonds. The van der Waals surface area contributed by atoms with Crippen molar-refractivity contribution in [3.63, 3.8) is 0 Å². The molecular formula is C11H15ClF3NO2. The van der Waals surface area contributed by atoms with Gasteiger partial charge >= 0.3 is 6.18 Å². The number of rotatable bonds is 4. The zero-order chi connectivity index (χ0) is 13.1. The maximum atomic E-state index is 12.2. The maximum Gasteiger partial charge on any atom is 0.403 e. The minimum Gasteiger partial charge on any atom is -0.497 e. The maximum absolute atomic E-state index is 12.2. The third-order valence-corrected chi connectivity index (χ3v) is 2.38. The number of hydrogen-bond donors (Lipinski definition) is 2. The molecule has 104 valence electrons. The van der Waals surface area contributed by atoms with Crippen LogP contribution in [0.5, 0.6) is 5.75 Å². The van der Waals surface area contributed by atoms with Crippen LogP contribution < -0.4 is 10.5 Å². The van der Waals surface area contributed by atoms with E-state index in [0.29, 0.717) is 11.3 Å². The van der Waals surface area contributed by atoms with Crippen molar-refractivity contribution in [2.75, 3.05) is 7.11 Å². The monoisotopic (exact) mass is 285 g/mol. The predicted molar refractivity (Wildman–Crippen MR) is 63.8 cm³/mol. The Morgan fingerprint density at radius 1 is 1.39 bits per heavy atom. The molecule has 1 rings (SSSR count). The van der Waals surface area contributed by atoms with Gasteiger partial charge in [-0.3, -0.25) is 0 Å². The summed E-state index contributed by atoms with van der Waals surface area (Å²) in [4.78, 5) is 0. The number of nitrogens with two attached hydrogens (primary N) is 1. The van der Waals surface area contributed by atoms with Gasteiger partial charge in [-0.15, -0.1) is 12.4 Å². The van der Waals surface area contributed by atoms with Gasteiger partial charge in [-0.25, -0.2) is 0 Å². The number of aliphatic hydroxyl groups is 1. The van der Waals surface area contributed by atoms with Crippen LogP contribution in [0.1, 0.15) is 18.1 Å². The molecule has 1 aromatic carbocycles. The number of alkyl halides is 3. The van der Waals surface area contributed by atoms with Crippen LogP contribution in [0.15, 0.2) is 24.3 Å². The Morgan fingerprint density at radius 2 is 2.00 bits per heavy atom. The second kappa shape index (κ2) is 6.82. The fraction of sp³-hybridized carbons (Fsp3) is 0.455. The third-order valence-electron chi connectivity index (χ3n) is 2.38. The van der Waals surface area contributed by atoms with Crippen molar-refractivity contribution in [2.24, 2.45) is 5.73 Å². The molecule has 18 heavy (non-hydrogen) atoms. The zero-order valence-corrected chi connectivity index (χ0v) is 10.5. The predicted octanol–water partition coefficient (Wildman–Crippen LogP) is 2.43. The van der Waals surface area contributed by atoms with Crippen molar-refractivity contribution in [1.82, 2.24) is 0 Å². The number of ether oxygens (including phenoxy) is 1. The molecule has 0 bridgehead atoms. The molecule has 0 unspecified atom stereocenters. The average molecular weight is 286 g/mol. The lowest BCUT2D eigenvalue weighted by atomic mass is 10.0. The Balaban J connectivity index is 0.00000289. The van der Waals surface area contributed by atoms with E-state index in [0.717, 1.165) is 0 Å². The van der Waals surface area contributed by atoms with Crippen molar-refractivity contribution >= 4 is 12.4 Å². The highest BCUT2D eigenvalue weighted by Gasteiger charge is 2.37. The van der Waals surface area contributed by atoms with Gasteiger partial charge in [0.1, 0.15) is 11.8 Å². The van der Waals surface area contributed by atoms with Crippen molar-refractivity contribution in [3.05, 3.63) is 29.8 Å². The number of methoxy groups -OCH3 is 1. The summed E-state index contributed by atoms with van der Waals surface area (Å²) in [6.07, 6.45) is -6.34. The van der Waals surface area contributed by atoms with Gasteiger partial charge in [-0.05, 0) is 17.7 Å². The van der Waals surface area contributed by atoms with Gasteiger partial charge in [0.25, 0.3) is 0 Å². The fourth-order valence-corrected chi connectivity index (χ4v) is 1.36. The first-order valence-electron chi connectivity index (χ1n) is 4.99. The van der Waals surface area contributed by atoms with Gasteiger partial charge in [0.2, 0.25) is 0 Å². The lowest BCUT2D eigenvalue weighted by Crippen LogP contribution is -2.38. The molecule has 0 heterocycles. The van der Waals surface area contributed by atoms with E-state index < -0.39 is 24.7 Å². The fourth-order valence-electron chi connectivity index (χ4n) is 1.36. The molecule has 0 aliphatic rings. The van der Waals surface area contributed by atoms with E-state index in [4.69, 9.17) is 10.5 Å². The van der Waals surface area contributed by atoms with E-state index in [2.05, 4.69) is 0 Å². The summed E-state index contributed by atoms with van der Waals surface area (Å²) in [5, 5.41) is 9.64. The highest BCUT2D eigenvalue weighted by atomic mass is 35.5. The molecule has 0 saturated heterocycles. The van der Waals surface area contributed by atoms with E-state index in [1.807, 2.05) is 0 Å². The Kier molecular flexibility index (Phi) is 6.45. The van der Waals surface area contributed by atoms with Crippen LogP contribution in [0, 0.1) is 0 Å². The molecule has 1 aromatic rings. The molecule has 0 fully saturated rings. The minimum atomic E-state index is -4.50. The van der Waals surface area contributed by atoms with E-state index in [9.17, 15) is 18.3 Å². The number of halogens is 4. The molecule has 0 spiro atoms. The second-order valence-corrected chi connectivity index (χ2v) is 3.68. The summed E-state index contributed by atoms with van der Waals surface area (Å²) in [7, 11) is 1.44. The van der Waals surface area contributed by atoms with Gasteiger partial charge in [-0.2, -0.15) is 13.2 Å². The molecule has 0 aliphatic heterocycles. The van der Waals surface area contributed by atoms with E-state index in [1.165, 1.54) is 19.2 Å². The molecule has 0 radical (unpaired) electrons. The topological polar surface area (TPSA) is 55.5 Å². The Hall–Kier alpha value is -0.980. The molecule has 7 heteroatoms. The van der Waals surface area contributed by atoms with Gasteiger partial charge in [0.15, 0.2) is 0 Å². The van der Waals surface area contributed by atoms with Crippen LogP contribution in [0.25, 0.3) is 0 Å². The summed E-state index contributed by atoms with van der Waals surface area (Å²) < 4.78 is 41.5. The van der Waals surface area contributed by atoms with Gasteiger partial charge < -0.3 is 15.6 Å². The van der Waals surface area contributed by atoms with Gasteiger partial charge in [0.05, 0.1) is 13.2 Å². The van der Waals surface area contributed by atoms with Crippen LogP contribution in [-0.2, 0) is 0 Å². The van der Waals surface area contributed by atoms with Crippen LogP contribution >= 0.6 is 12.4 Å². The first-order valence-corrected chi connectivity index (χ1v) is 4.99. The van der Waals surface area contributed by atoms with E-state index in [-0.39, 0.29) is 12.4 Å². The lowest BCUT2D eigenvalue weighted by molar-refractivity contribution is -0.153. The highest BCUT2D eigenvalue weighted by molar-refractivity contribution is 5.85. The first-order chi connectivity index (χ1) is 7.84. The summed E-state index contributed by atoms with van der Waals surface area (Å²) in [6, 6.07) is 4.20. The summed E-state index contributed by atoms with van der Waals surface area (Å²) in [5.74, 6) is 0.474. The van der Waals surface area contributed by atoms with Crippen molar-refractivity contribution < 1.29 is 23.0 Å². The summed E-state index contributed by atoms with van der Waals surface area (Å²) in [6.45, 7) is 0. The standard InChI is InChI=1S/C11H14F3NO2.ClH/c1-17-8-4-2-3-7(5-8)9(16)6-10(15)11(12,13)14;/h2-5,9-10,16H,6,15H2,1H3;1H/t9-,10+;/m0./s1. The van der Waals surface area contributed by atoms with Crippen molar-refractivity contribution in [1.29, 1.82) is 0 Å². The van der Waals surface area contributed by atoms with E-state index in [1.54, 1.807) is 12.1 Å². The largest absolute Gasteiger partial charge is 0.497 e. The molecular weight excluding hydrogens is 271 g/mol. The Labute approximate surface area is 109 Å². The van der Waals surface area contributed by atoms with E-state index >= 15 is 0 Å². The first kappa shape index (κ1) is 17.0. The average Bonchev–Trinajstić information content (AvgIpc) is 2.27. The van der Waals surface area contributed by atoms with Gasteiger partial charge in [-0.1, -0.05) is 12.1 Å². The Morgan fingerprint density at radius 3 is 2.50 bits per heavy atom. The van der Waals surface area contributed by atoms with Crippen LogP contribution in [0.2, 0.25) is 0 Å². The molecule has 3 N–H and O–H groups in total. The van der Waals surface area contributed by atoms with Crippen molar-refractivity contribution in [2.45, 2.75) is 24.7 Å². The smallest absolute Gasteiger partial charge is 0.403 e. The molecule has 0 saturated carbocycles. The second-order valence-electron chi connectivity index (χ2n) is 3.68. The minimum absolute atomic E-state index is 0. The molecule has 0 aromatic heterocycles. The number of hydrogen-bond acceptors (Lipinski definition) is 3. The number of aliphatic hydroxyl groups excluding tert-OH is 1. The highest BCUT2D eigenvalue weighted by Crippen LogP contribution is 2.28. The van der Waals surface area contributed by atoms with Crippen molar-refractivity contribution in [3.8, 4) is 5.75 Å². The molecule has 3 nitrogen and oxygen atoms in total. The third kappa shape index (κ3) is 4.72. The zero-order valence-electron chi connectivity index (χ0n) is 9.65. The quantitative estimate of drug-likeness (QED) is 0.893. The molecule has 2 atom stereocenters. The lowest BCUT2D eigenvalue weighted by Gasteiger charge is -2.19. The van der Waals surface area contributed by atoms with Gasteiger partial charge in [0, 0.05) is 6.42 Å². The van der Waals surface area contributed by atoms with Crippen LogP contribution in [0.4, 0.5) is 13.2 Å². The number of benzene rings is 1. The molecule has 0 aliphatic carbocycles. The summed E-state index contributed by atoms with van der Waals surface area (Å²) >= 11 is 0. The normalized spacial score (nSPS) is 14.6. The SMILES string of the molecule is COc1cccc([C@@H](O)C[C@@H](N)C(F)(F)F)c1.Cl. The Bertz CT molecular complexity index is 374. The summed E-state index contributed by atoms with van der Waals surface area (Å²) in [5.41, 5.74) is 5.29.